The Labute approximate surface area is 83.1 Å². The first-order valence-electron chi connectivity index (χ1n) is 3.03. The Morgan fingerprint density at radius 1 is 1.17 bits per heavy atom. The summed E-state index contributed by atoms with van der Waals surface area (Å²) in [5.41, 5.74) is 1.09. The van der Waals surface area contributed by atoms with E-state index >= 15 is 0 Å². The molecule has 0 aromatic heterocycles. The quantitative estimate of drug-likeness (QED) is 0.503. The zero-order valence-corrected chi connectivity index (χ0v) is 7.45. The number of hydrogen-bond acceptors (Lipinski definition) is 1. The van der Waals surface area contributed by atoms with Crippen LogP contribution in [0, 0.1) is 18.4 Å². The average molecular weight is 199 g/mol. The smallest absolute Gasteiger partial charge is 0.512 e. The van der Waals surface area contributed by atoms with Gasteiger partial charge in [0.1, 0.15) is 0 Å². The van der Waals surface area contributed by atoms with Crippen molar-refractivity contribution in [3.8, 4) is 0 Å². The first-order chi connectivity index (χ1) is 5.43. The van der Waals surface area contributed by atoms with Gasteiger partial charge in [-0.3, -0.25) is 0 Å². The van der Waals surface area contributed by atoms with Gasteiger partial charge in [0.05, 0.1) is 0 Å². The molecule has 0 radical (unpaired) electrons. The van der Waals surface area contributed by atoms with Crippen LogP contribution in [0.3, 0.4) is 0 Å². The number of nitrogens with zero attached hydrogens (tertiary/aromatic N) is 2. The van der Waals surface area contributed by atoms with Crippen LogP contribution in [0.4, 0.5) is 0 Å². The van der Waals surface area contributed by atoms with Crippen LogP contribution in [0.5, 0.6) is 0 Å². The Morgan fingerprint density at radius 2 is 1.67 bits per heavy atom. The molecule has 0 heterocycles. The predicted molar refractivity (Wildman–Crippen MR) is 41.7 cm³/mol. The Bertz CT molecular complexity index is 248. The zero-order valence-electron chi connectivity index (χ0n) is 6.34. The molecule has 3 heteroatoms. The molecule has 0 aliphatic heterocycles. The molecule has 0 atom stereocenters. The van der Waals surface area contributed by atoms with Crippen LogP contribution in [0.1, 0.15) is 5.56 Å². The Morgan fingerprint density at radius 3 is 2.08 bits per heavy atom. The van der Waals surface area contributed by atoms with Gasteiger partial charge in [0, 0.05) is 5.56 Å². The minimum atomic E-state index is 0. The molecule has 12 heavy (non-hydrogen) atoms. The molecule has 0 aliphatic rings. The standard InChI is InChI=1S/C8H7N.CN.Fe/c1-9-7-8-5-3-2-4-6-8;1-2;/h2-6H,7H2;;/q;-1;+2. The first kappa shape index (κ1) is 13.3. The van der Waals surface area contributed by atoms with Crippen LogP contribution in [0.15, 0.2) is 30.3 Å². The van der Waals surface area contributed by atoms with E-state index < -0.39 is 0 Å². The van der Waals surface area contributed by atoms with E-state index in [0.29, 0.717) is 6.54 Å². The molecular formula is C9H7FeN2+. The minimum absolute atomic E-state index is 0. The van der Waals surface area contributed by atoms with Crippen molar-refractivity contribution in [2.24, 2.45) is 0 Å². The van der Waals surface area contributed by atoms with Gasteiger partial charge in [0.15, 0.2) is 0 Å². The maximum atomic E-state index is 6.57. The van der Waals surface area contributed by atoms with Gasteiger partial charge >= 0.3 is 17.1 Å². The molecule has 1 rings (SSSR count). The van der Waals surface area contributed by atoms with Gasteiger partial charge in [-0.25, -0.2) is 6.57 Å². The Kier molecular flexibility index (Phi) is 10.8. The van der Waals surface area contributed by atoms with Crippen LogP contribution >= 0.6 is 0 Å². The summed E-state index contributed by atoms with van der Waals surface area (Å²) in [5, 5.41) is 6.25. The first-order valence-corrected chi connectivity index (χ1v) is 3.03. The average Bonchev–Trinajstić information content (AvgIpc) is 2.11. The van der Waals surface area contributed by atoms with Crippen molar-refractivity contribution in [3.05, 3.63) is 53.9 Å². The van der Waals surface area contributed by atoms with Crippen LogP contribution in [-0.2, 0) is 23.6 Å². The van der Waals surface area contributed by atoms with E-state index in [1.165, 1.54) is 0 Å². The molecule has 0 unspecified atom stereocenters. The summed E-state index contributed by atoms with van der Waals surface area (Å²) in [6, 6.07) is 9.75. The molecule has 0 amide bonds. The number of benzene rings is 1. The minimum Gasteiger partial charge on any atom is -0.512 e. The van der Waals surface area contributed by atoms with Crippen molar-refractivity contribution in [2.45, 2.75) is 6.54 Å². The van der Waals surface area contributed by atoms with E-state index in [-0.39, 0.29) is 17.1 Å². The molecule has 0 saturated heterocycles. The molecule has 2 nitrogen and oxygen atoms in total. The van der Waals surface area contributed by atoms with Crippen molar-refractivity contribution in [3.63, 3.8) is 0 Å². The van der Waals surface area contributed by atoms with Gasteiger partial charge in [-0.1, -0.05) is 30.3 Å². The van der Waals surface area contributed by atoms with Gasteiger partial charge < -0.3 is 16.7 Å². The molecule has 60 valence electrons. The fourth-order valence-electron chi connectivity index (χ4n) is 0.675. The third-order valence-corrected chi connectivity index (χ3v) is 1.10. The number of hydrogen-bond donors (Lipinski definition) is 0. The monoisotopic (exact) mass is 199 g/mol. The van der Waals surface area contributed by atoms with E-state index in [0.717, 1.165) is 5.56 Å². The van der Waals surface area contributed by atoms with E-state index in [2.05, 4.69) is 4.85 Å². The molecule has 1 aromatic rings. The summed E-state index contributed by atoms with van der Waals surface area (Å²) in [7, 11) is 0. The molecule has 1 aromatic carbocycles. The van der Waals surface area contributed by atoms with Gasteiger partial charge in [-0.15, -0.1) is 0 Å². The largest absolute Gasteiger partial charge is 2.00 e. The summed E-state index contributed by atoms with van der Waals surface area (Å²) >= 11 is 0. The Balaban J connectivity index is 0. The summed E-state index contributed by atoms with van der Waals surface area (Å²) in [6.07, 6.45) is 0. The predicted octanol–water partition coefficient (Wildman–Crippen LogP) is 2.20. The fourth-order valence-corrected chi connectivity index (χ4v) is 0.675. The summed E-state index contributed by atoms with van der Waals surface area (Å²) in [5.74, 6) is 0. The van der Waals surface area contributed by atoms with E-state index in [1.54, 1.807) is 0 Å². The van der Waals surface area contributed by atoms with Gasteiger partial charge in [0.25, 0.3) is 0 Å². The summed E-state index contributed by atoms with van der Waals surface area (Å²) in [6.45, 7) is 11.8. The maximum Gasteiger partial charge on any atom is 2.00 e. The number of rotatable bonds is 1. The second-order valence-electron chi connectivity index (χ2n) is 1.80. The van der Waals surface area contributed by atoms with Crippen LogP contribution in [0.25, 0.3) is 4.85 Å². The molecule has 0 aliphatic carbocycles. The molecule has 0 spiro atoms. The SMILES string of the molecule is [C-]#N.[C-]#[N+]Cc1ccccc1.[Fe+2]. The van der Waals surface area contributed by atoms with Crippen LogP contribution in [-0.4, -0.2) is 0 Å². The van der Waals surface area contributed by atoms with Crippen molar-refractivity contribution in [1.29, 1.82) is 5.26 Å². The van der Waals surface area contributed by atoms with Gasteiger partial charge in [-0.05, 0) is 0 Å². The third kappa shape index (κ3) is 5.50. The van der Waals surface area contributed by atoms with Crippen molar-refractivity contribution < 1.29 is 17.1 Å². The molecular weight excluding hydrogens is 192 g/mol. The van der Waals surface area contributed by atoms with Crippen molar-refractivity contribution >= 4 is 0 Å². The molecule has 0 fully saturated rings. The van der Waals surface area contributed by atoms with Gasteiger partial charge in [-0.2, -0.15) is 0 Å². The Hall–Kier alpha value is -1.28. The third-order valence-electron chi connectivity index (χ3n) is 1.10. The molecule has 0 saturated carbocycles. The zero-order chi connectivity index (χ0) is 8.53. The molecule has 0 N–H and O–H groups in total. The topological polar surface area (TPSA) is 28.1 Å². The van der Waals surface area contributed by atoms with Crippen LogP contribution in [0.2, 0.25) is 0 Å². The van der Waals surface area contributed by atoms with Crippen LogP contribution < -0.4 is 0 Å². The molecule has 0 bridgehead atoms. The fraction of sp³-hybridized carbons (Fsp3) is 0.111. The summed E-state index contributed by atoms with van der Waals surface area (Å²) < 4.78 is 0. The van der Waals surface area contributed by atoms with E-state index in [4.69, 9.17) is 18.4 Å². The maximum absolute atomic E-state index is 6.57. The van der Waals surface area contributed by atoms with E-state index in [1.807, 2.05) is 30.3 Å². The van der Waals surface area contributed by atoms with Gasteiger partial charge in [0.2, 0.25) is 6.54 Å². The van der Waals surface area contributed by atoms with Crippen molar-refractivity contribution in [1.82, 2.24) is 0 Å². The second-order valence-corrected chi connectivity index (χ2v) is 1.80. The second kappa shape index (κ2) is 9.72. The van der Waals surface area contributed by atoms with Crippen molar-refractivity contribution in [2.75, 3.05) is 0 Å². The normalized spacial score (nSPS) is 6.42. The summed E-state index contributed by atoms with van der Waals surface area (Å²) in [4.78, 5) is 3.26. The van der Waals surface area contributed by atoms with E-state index in [9.17, 15) is 0 Å².